The van der Waals surface area contributed by atoms with Crippen LogP contribution >= 0.6 is 0 Å². The van der Waals surface area contributed by atoms with E-state index in [-0.39, 0.29) is 5.82 Å². The second-order valence-corrected chi connectivity index (χ2v) is 6.72. The van der Waals surface area contributed by atoms with Crippen molar-refractivity contribution in [3.05, 3.63) is 35.3 Å². The molecule has 1 aliphatic heterocycles. The Labute approximate surface area is 159 Å². The minimum absolute atomic E-state index is 0.253. The number of furan rings is 1. The molecule has 27 heavy (non-hydrogen) atoms. The number of hydrogen-bond acceptors (Lipinski definition) is 4. The number of nitrogens with zero attached hydrogens (tertiary/aromatic N) is 2. The van der Waals surface area contributed by atoms with E-state index in [4.69, 9.17) is 9.15 Å². The van der Waals surface area contributed by atoms with Crippen LogP contribution in [0.4, 0.5) is 4.39 Å². The highest BCUT2D eigenvalue weighted by Gasteiger charge is 2.12. The van der Waals surface area contributed by atoms with E-state index in [9.17, 15) is 4.39 Å². The molecule has 3 rings (SSSR count). The van der Waals surface area contributed by atoms with Crippen LogP contribution in [0, 0.1) is 12.7 Å². The largest absolute Gasteiger partial charge is 0.459 e. The standard InChI is InChI=1S/C20H29FN4O2/c1-3-22-20(23-7-4-8-25-9-11-26-12-10-25)24-14-19-15(2)17-13-16(21)5-6-18(17)27-19/h5-6,13H,3-4,7-12,14H2,1-2H3,(H2,22,23,24). The van der Waals surface area contributed by atoms with Crippen molar-refractivity contribution in [3.63, 3.8) is 0 Å². The van der Waals surface area contributed by atoms with Crippen molar-refractivity contribution >= 4 is 16.9 Å². The topological polar surface area (TPSA) is 62.0 Å². The van der Waals surface area contributed by atoms with Crippen LogP contribution in [-0.4, -0.2) is 56.8 Å². The number of hydrogen-bond donors (Lipinski definition) is 2. The quantitative estimate of drug-likeness (QED) is 0.442. The predicted molar refractivity (Wildman–Crippen MR) is 106 cm³/mol. The number of morpholine rings is 1. The number of nitrogens with one attached hydrogen (secondary N) is 2. The van der Waals surface area contributed by atoms with Gasteiger partial charge in [0.05, 0.1) is 13.2 Å². The Morgan fingerprint density at radius 2 is 2.07 bits per heavy atom. The van der Waals surface area contributed by atoms with Crippen molar-refractivity contribution < 1.29 is 13.5 Å². The number of halogens is 1. The molecule has 1 saturated heterocycles. The Morgan fingerprint density at radius 3 is 2.85 bits per heavy atom. The Balaban J connectivity index is 1.54. The minimum Gasteiger partial charge on any atom is -0.459 e. The van der Waals surface area contributed by atoms with E-state index in [0.29, 0.717) is 12.1 Å². The third kappa shape index (κ3) is 5.43. The van der Waals surface area contributed by atoms with Crippen molar-refractivity contribution in [2.45, 2.75) is 26.8 Å². The van der Waals surface area contributed by atoms with Gasteiger partial charge in [0.25, 0.3) is 0 Å². The Kier molecular flexibility index (Phi) is 7.06. The molecule has 0 atom stereocenters. The highest BCUT2D eigenvalue weighted by atomic mass is 19.1. The molecular weight excluding hydrogens is 347 g/mol. The van der Waals surface area contributed by atoms with Gasteiger partial charge in [0, 0.05) is 37.1 Å². The first-order valence-electron chi connectivity index (χ1n) is 9.67. The van der Waals surface area contributed by atoms with E-state index in [2.05, 4.69) is 20.5 Å². The summed E-state index contributed by atoms with van der Waals surface area (Å²) in [4.78, 5) is 7.04. The van der Waals surface area contributed by atoms with E-state index in [1.54, 1.807) is 6.07 Å². The number of guanidine groups is 1. The highest BCUT2D eigenvalue weighted by Crippen LogP contribution is 2.26. The lowest BCUT2D eigenvalue weighted by Gasteiger charge is -2.26. The molecule has 1 aromatic heterocycles. The normalized spacial score (nSPS) is 16.0. The van der Waals surface area contributed by atoms with E-state index >= 15 is 0 Å². The van der Waals surface area contributed by atoms with Crippen LogP contribution in [0.15, 0.2) is 27.6 Å². The zero-order valence-electron chi connectivity index (χ0n) is 16.2. The SMILES string of the molecule is CCNC(=NCc1oc2ccc(F)cc2c1C)NCCCN1CCOCC1. The first-order valence-corrected chi connectivity index (χ1v) is 9.67. The fourth-order valence-electron chi connectivity index (χ4n) is 3.22. The molecule has 0 radical (unpaired) electrons. The van der Waals surface area contributed by atoms with Crippen LogP contribution in [0.2, 0.25) is 0 Å². The molecule has 0 saturated carbocycles. The Bertz CT molecular complexity index is 769. The second kappa shape index (κ2) is 9.71. The van der Waals surface area contributed by atoms with Crippen LogP contribution in [0.1, 0.15) is 24.7 Å². The molecule has 0 unspecified atom stereocenters. The molecule has 0 bridgehead atoms. The lowest BCUT2D eigenvalue weighted by atomic mass is 10.1. The maximum Gasteiger partial charge on any atom is 0.191 e. The van der Waals surface area contributed by atoms with Crippen LogP contribution in [0.25, 0.3) is 11.0 Å². The molecule has 0 spiro atoms. The Morgan fingerprint density at radius 1 is 1.26 bits per heavy atom. The first-order chi connectivity index (χ1) is 13.2. The van der Waals surface area contributed by atoms with Gasteiger partial charge in [-0.25, -0.2) is 9.38 Å². The van der Waals surface area contributed by atoms with Crippen LogP contribution in [-0.2, 0) is 11.3 Å². The number of aryl methyl sites for hydroxylation is 1. The van der Waals surface area contributed by atoms with E-state index < -0.39 is 0 Å². The molecule has 1 aromatic carbocycles. The summed E-state index contributed by atoms with van der Waals surface area (Å²) in [7, 11) is 0. The molecule has 7 heteroatoms. The van der Waals surface area contributed by atoms with E-state index in [0.717, 1.165) is 75.0 Å². The van der Waals surface area contributed by atoms with Crippen LogP contribution < -0.4 is 10.6 Å². The van der Waals surface area contributed by atoms with Gasteiger partial charge in [-0.2, -0.15) is 0 Å². The van der Waals surface area contributed by atoms with Gasteiger partial charge in [-0.15, -0.1) is 0 Å². The average molecular weight is 376 g/mol. The van der Waals surface area contributed by atoms with Gasteiger partial charge in [-0.3, -0.25) is 4.90 Å². The van der Waals surface area contributed by atoms with Crippen molar-refractivity contribution in [1.29, 1.82) is 0 Å². The van der Waals surface area contributed by atoms with Gasteiger partial charge in [0.1, 0.15) is 23.7 Å². The van der Waals surface area contributed by atoms with Gasteiger partial charge in [0.2, 0.25) is 0 Å². The second-order valence-electron chi connectivity index (χ2n) is 6.72. The Hall–Kier alpha value is -2.12. The van der Waals surface area contributed by atoms with Crippen LogP contribution in [0.5, 0.6) is 0 Å². The molecule has 2 N–H and O–H groups in total. The molecule has 1 fully saturated rings. The molecule has 6 nitrogen and oxygen atoms in total. The summed E-state index contributed by atoms with van der Waals surface area (Å²) in [6.45, 7) is 10.8. The average Bonchev–Trinajstić information content (AvgIpc) is 2.99. The summed E-state index contributed by atoms with van der Waals surface area (Å²) in [6, 6.07) is 4.59. The third-order valence-corrected chi connectivity index (χ3v) is 4.77. The van der Waals surface area contributed by atoms with Gasteiger partial charge in [-0.1, -0.05) is 0 Å². The lowest BCUT2D eigenvalue weighted by molar-refractivity contribution is 0.0376. The molecular formula is C20H29FN4O2. The summed E-state index contributed by atoms with van der Waals surface area (Å²) >= 11 is 0. The number of benzene rings is 1. The van der Waals surface area contributed by atoms with Crippen LogP contribution in [0.3, 0.4) is 0 Å². The predicted octanol–water partition coefficient (Wildman–Crippen LogP) is 2.66. The molecule has 148 valence electrons. The smallest absolute Gasteiger partial charge is 0.191 e. The molecule has 2 heterocycles. The van der Waals surface area contributed by atoms with E-state index in [1.807, 2.05) is 13.8 Å². The van der Waals surface area contributed by atoms with Crippen molar-refractivity contribution in [3.8, 4) is 0 Å². The summed E-state index contributed by atoms with van der Waals surface area (Å²) < 4.78 is 24.7. The van der Waals surface area contributed by atoms with Crippen molar-refractivity contribution in [2.24, 2.45) is 4.99 Å². The fourth-order valence-corrected chi connectivity index (χ4v) is 3.22. The van der Waals surface area contributed by atoms with Crippen molar-refractivity contribution in [2.75, 3.05) is 45.9 Å². The molecule has 2 aromatic rings. The minimum atomic E-state index is -0.253. The molecule has 0 amide bonds. The van der Waals surface area contributed by atoms with E-state index in [1.165, 1.54) is 12.1 Å². The number of fused-ring (bicyclic) bond motifs is 1. The summed E-state index contributed by atoms with van der Waals surface area (Å²) in [5, 5.41) is 7.44. The number of aliphatic imine (C=N–C) groups is 1. The number of ether oxygens (including phenoxy) is 1. The maximum atomic E-state index is 13.4. The zero-order valence-corrected chi connectivity index (χ0v) is 16.2. The highest BCUT2D eigenvalue weighted by molar-refractivity contribution is 5.82. The number of rotatable bonds is 7. The maximum absolute atomic E-state index is 13.4. The monoisotopic (exact) mass is 376 g/mol. The zero-order chi connectivity index (χ0) is 19.1. The van der Waals surface area contributed by atoms with Gasteiger partial charge in [-0.05, 0) is 45.0 Å². The summed E-state index contributed by atoms with van der Waals surface area (Å²) in [5.74, 6) is 1.28. The first kappa shape index (κ1) is 19.6. The molecule has 1 aliphatic rings. The lowest BCUT2D eigenvalue weighted by Crippen LogP contribution is -2.40. The fraction of sp³-hybridized carbons (Fsp3) is 0.550. The summed E-state index contributed by atoms with van der Waals surface area (Å²) in [5.41, 5.74) is 1.64. The van der Waals surface area contributed by atoms with Crippen molar-refractivity contribution in [1.82, 2.24) is 15.5 Å². The third-order valence-electron chi connectivity index (χ3n) is 4.77. The van der Waals surface area contributed by atoms with Gasteiger partial charge >= 0.3 is 0 Å². The summed E-state index contributed by atoms with van der Waals surface area (Å²) in [6.07, 6.45) is 1.05. The van der Waals surface area contributed by atoms with Gasteiger partial charge < -0.3 is 19.8 Å². The molecule has 0 aliphatic carbocycles. The van der Waals surface area contributed by atoms with Gasteiger partial charge in [0.15, 0.2) is 5.96 Å².